The first kappa shape index (κ1) is 23.0. The molecular formula is C25H24ClN3O3S. The molecule has 0 unspecified atom stereocenters. The molecule has 0 fully saturated rings. The van der Waals surface area contributed by atoms with Gasteiger partial charge in [-0.1, -0.05) is 53.6 Å². The third kappa shape index (κ3) is 5.43. The highest BCUT2D eigenvalue weighted by atomic mass is 35.5. The topological polar surface area (TPSA) is 73.1 Å². The van der Waals surface area contributed by atoms with Crippen molar-refractivity contribution >= 4 is 39.1 Å². The second-order valence-corrected chi connectivity index (χ2v) is 9.31. The average molecular weight is 482 g/mol. The Morgan fingerprint density at radius 2 is 1.67 bits per heavy atom. The summed E-state index contributed by atoms with van der Waals surface area (Å²) in [6, 6.07) is 17.0. The Bertz CT molecular complexity index is 1390. The number of nitrogens with one attached hydrogen (secondary N) is 1. The zero-order chi connectivity index (χ0) is 23.4. The molecule has 170 valence electrons. The SMILES string of the molecule is Cc1ccc(CNC(=O)CCCn2c(=O)c3sccc3n(Cc3ccc(Cl)cc3)c2=O)cc1. The van der Waals surface area contributed by atoms with Crippen molar-refractivity contribution in [2.45, 2.75) is 39.4 Å². The molecule has 0 spiro atoms. The number of aryl methyl sites for hydroxylation is 1. The number of hydrogen-bond donors (Lipinski definition) is 1. The Kier molecular flexibility index (Phi) is 7.11. The maximum Gasteiger partial charge on any atom is 0.331 e. The first-order chi connectivity index (χ1) is 15.9. The van der Waals surface area contributed by atoms with Crippen LogP contribution in [0.1, 0.15) is 29.5 Å². The van der Waals surface area contributed by atoms with Gasteiger partial charge in [-0.3, -0.25) is 18.7 Å². The van der Waals surface area contributed by atoms with Gasteiger partial charge in [-0.05, 0) is 48.1 Å². The lowest BCUT2D eigenvalue weighted by Crippen LogP contribution is -2.40. The molecule has 1 amide bonds. The van der Waals surface area contributed by atoms with E-state index in [-0.39, 0.29) is 30.1 Å². The zero-order valence-electron chi connectivity index (χ0n) is 18.2. The second kappa shape index (κ2) is 10.2. The molecule has 0 bridgehead atoms. The average Bonchev–Trinajstić information content (AvgIpc) is 3.30. The number of carbonyl (C=O) groups excluding carboxylic acids is 1. The minimum Gasteiger partial charge on any atom is -0.352 e. The fourth-order valence-corrected chi connectivity index (χ4v) is 4.62. The van der Waals surface area contributed by atoms with Crippen molar-refractivity contribution in [1.29, 1.82) is 0 Å². The van der Waals surface area contributed by atoms with Crippen LogP contribution in [0.5, 0.6) is 0 Å². The fraction of sp³-hybridized carbons (Fsp3) is 0.240. The van der Waals surface area contributed by atoms with Gasteiger partial charge in [-0.15, -0.1) is 11.3 Å². The molecule has 0 saturated carbocycles. The van der Waals surface area contributed by atoms with Gasteiger partial charge in [0.05, 0.1) is 12.1 Å². The van der Waals surface area contributed by atoms with E-state index in [0.29, 0.717) is 34.7 Å². The molecule has 0 aliphatic carbocycles. The number of amides is 1. The van der Waals surface area contributed by atoms with E-state index in [2.05, 4.69) is 5.32 Å². The molecule has 2 aromatic heterocycles. The summed E-state index contributed by atoms with van der Waals surface area (Å²) < 4.78 is 3.38. The molecule has 1 N–H and O–H groups in total. The molecule has 4 rings (SSSR count). The lowest BCUT2D eigenvalue weighted by molar-refractivity contribution is -0.121. The number of carbonyl (C=O) groups is 1. The van der Waals surface area contributed by atoms with E-state index in [1.807, 2.05) is 48.7 Å². The van der Waals surface area contributed by atoms with E-state index in [9.17, 15) is 14.4 Å². The quantitative estimate of drug-likeness (QED) is 0.407. The maximum absolute atomic E-state index is 13.2. The normalized spacial score (nSPS) is 11.1. The number of aromatic nitrogens is 2. The molecule has 8 heteroatoms. The van der Waals surface area contributed by atoms with Crippen LogP contribution >= 0.6 is 22.9 Å². The van der Waals surface area contributed by atoms with Crippen molar-refractivity contribution in [2.24, 2.45) is 0 Å². The van der Waals surface area contributed by atoms with Crippen molar-refractivity contribution < 1.29 is 4.79 Å². The Morgan fingerprint density at radius 1 is 0.970 bits per heavy atom. The number of benzene rings is 2. The second-order valence-electron chi connectivity index (χ2n) is 7.95. The number of halogens is 1. The summed E-state index contributed by atoms with van der Waals surface area (Å²) in [6.07, 6.45) is 0.629. The minimum absolute atomic E-state index is 0.109. The van der Waals surface area contributed by atoms with Crippen LogP contribution in [0.4, 0.5) is 0 Å². The predicted molar refractivity (Wildman–Crippen MR) is 133 cm³/mol. The summed E-state index contributed by atoms with van der Waals surface area (Å²) in [4.78, 5) is 38.4. The van der Waals surface area contributed by atoms with E-state index in [4.69, 9.17) is 11.6 Å². The standard InChI is InChI=1S/C25H24ClN3O3S/c1-17-4-6-18(7-5-17)15-27-22(30)3-2-13-28-24(31)23-21(12-14-33-23)29(25(28)32)16-19-8-10-20(26)11-9-19/h4-12,14H,2-3,13,15-16H2,1H3,(H,27,30). The van der Waals surface area contributed by atoms with Crippen molar-refractivity contribution in [3.05, 3.63) is 103 Å². The van der Waals surface area contributed by atoms with Gasteiger partial charge < -0.3 is 5.32 Å². The van der Waals surface area contributed by atoms with E-state index in [0.717, 1.165) is 11.1 Å². The van der Waals surface area contributed by atoms with Gasteiger partial charge in [0.1, 0.15) is 4.70 Å². The van der Waals surface area contributed by atoms with Gasteiger partial charge in [0.2, 0.25) is 5.91 Å². The molecule has 33 heavy (non-hydrogen) atoms. The van der Waals surface area contributed by atoms with Crippen LogP contribution < -0.4 is 16.6 Å². The van der Waals surface area contributed by atoms with E-state index in [1.54, 1.807) is 22.8 Å². The van der Waals surface area contributed by atoms with Crippen LogP contribution in [0, 0.1) is 6.92 Å². The number of rotatable bonds is 8. The lowest BCUT2D eigenvalue weighted by atomic mass is 10.1. The minimum atomic E-state index is -0.374. The smallest absolute Gasteiger partial charge is 0.331 e. The summed E-state index contributed by atoms with van der Waals surface area (Å²) in [6.45, 7) is 2.99. The molecule has 0 aliphatic rings. The molecule has 2 aromatic carbocycles. The fourth-order valence-electron chi connectivity index (χ4n) is 3.65. The Labute approximate surface area is 200 Å². The number of thiophene rings is 1. The van der Waals surface area contributed by atoms with Crippen LogP contribution in [0.15, 0.2) is 69.6 Å². The number of fused-ring (bicyclic) bond motifs is 1. The predicted octanol–water partition coefficient (Wildman–Crippen LogP) is 4.33. The molecular weight excluding hydrogens is 458 g/mol. The van der Waals surface area contributed by atoms with Crippen LogP contribution in [0.25, 0.3) is 10.2 Å². The molecule has 0 aliphatic heterocycles. The maximum atomic E-state index is 13.2. The van der Waals surface area contributed by atoms with E-state index >= 15 is 0 Å². The Balaban J connectivity index is 1.46. The Morgan fingerprint density at radius 3 is 2.39 bits per heavy atom. The van der Waals surface area contributed by atoms with Gasteiger partial charge in [-0.2, -0.15) is 0 Å². The van der Waals surface area contributed by atoms with Crippen molar-refractivity contribution in [3.8, 4) is 0 Å². The third-order valence-corrected chi connectivity index (χ3v) is 6.63. The molecule has 0 saturated heterocycles. The molecule has 0 radical (unpaired) electrons. The Hall–Kier alpha value is -3.16. The third-order valence-electron chi connectivity index (χ3n) is 5.49. The highest BCUT2D eigenvalue weighted by Crippen LogP contribution is 2.17. The molecule has 2 heterocycles. The summed E-state index contributed by atoms with van der Waals surface area (Å²) >= 11 is 7.29. The highest BCUT2D eigenvalue weighted by molar-refractivity contribution is 7.17. The van der Waals surface area contributed by atoms with Crippen molar-refractivity contribution in [3.63, 3.8) is 0 Å². The van der Waals surface area contributed by atoms with Crippen molar-refractivity contribution in [1.82, 2.24) is 14.5 Å². The summed E-state index contributed by atoms with van der Waals surface area (Å²) in [5, 5.41) is 5.32. The van der Waals surface area contributed by atoms with Gasteiger partial charge >= 0.3 is 5.69 Å². The van der Waals surface area contributed by atoms with Crippen LogP contribution in [0.3, 0.4) is 0 Å². The molecule has 0 atom stereocenters. The monoisotopic (exact) mass is 481 g/mol. The van der Waals surface area contributed by atoms with Gasteiger partial charge in [0, 0.05) is 24.5 Å². The summed E-state index contributed by atoms with van der Waals surface area (Å²) in [5.41, 5.74) is 3.04. The molecule has 4 aromatic rings. The lowest BCUT2D eigenvalue weighted by Gasteiger charge is -2.12. The number of hydrogen-bond acceptors (Lipinski definition) is 4. The summed E-state index contributed by atoms with van der Waals surface area (Å²) in [5.74, 6) is -0.109. The zero-order valence-corrected chi connectivity index (χ0v) is 19.8. The van der Waals surface area contributed by atoms with Gasteiger partial charge in [-0.25, -0.2) is 4.79 Å². The van der Waals surface area contributed by atoms with Gasteiger partial charge in [0.15, 0.2) is 0 Å². The van der Waals surface area contributed by atoms with Crippen LogP contribution in [-0.4, -0.2) is 15.0 Å². The highest BCUT2D eigenvalue weighted by Gasteiger charge is 2.15. The van der Waals surface area contributed by atoms with Crippen LogP contribution in [0.2, 0.25) is 5.02 Å². The molecule has 6 nitrogen and oxygen atoms in total. The van der Waals surface area contributed by atoms with E-state index < -0.39 is 0 Å². The van der Waals surface area contributed by atoms with Crippen molar-refractivity contribution in [2.75, 3.05) is 0 Å². The van der Waals surface area contributed by atoms with E-state index in [1.165, 1.54) is 21.5 Å². The summed E-state index contributed by atoms with van der Waals surface area (Å²) in [7, 11) is 0. The first-order valence-electron chi connectivity index (χ1n) is 10.7. The first-order valence-corrected chi connectivity index (χ1v) is 12.0. The largest absolute Gasteiger partial charge is 0.352 e. The number of nitrogens with zero attached hydrogens (tertiary/aromatic N) is 2. The van der Waals surface area contributed by atoms with Crippen LogP contribution in [-0.2, 0) is 24.4 Å². The van der Waals surface area contributed by atoms with Gasteiger partial charge in [0.25, 0.3) is 5.56 Å².